The molecule has 1 fully saturated rings. The maximum atomic E-state index is 13.5. The molecule has 0 bridgehead atoms. The molecule has 13 heteroatoms. The summed E-state index contributed by atoms with van der Waals surface area (Å²) < 4.78 is 29.4. The van der Waals surface area contributed by atoms with Crippen LogP contribution in [0, 0.1) is 23.7 Å². The summed E-state index contributed by atoms with van der Waals surface area (Å²) in [7, 11) is 0. The van der Waals surface area contributed by atoms with Gasteiger partial charge in [0.25, 0.3) is 0 Å². The van der Waals surface area contributed by atoms with Crippen LogP contribution in [0.4, 0.5) is 5.13 Å². The van der Waals surface area contributed by atoms with Crippen LogP contribution in [0.2, 0.25) is 0 Å². The van der Waals surface area contributed by atoms with Gasteiger partial charge in [-0.1, -0.05) is 61.9 Å². The van der Waals surface area contributed by atoms with Gasteiger partial charge >= 0.3 is 17.9 Å². The van der Waals surface area contributed by atoms with Crippen LogP contribution in [0.25, 0.3) is 10.2 Å². The fraction of sp³-hybridized carbons (Fsp3) is 0.400. The van der Waals surface area contributed by atoms with Crippen LogP contribution in [0.1, 0.15) is 108 Å². The molecule has 1 aliphatic heterocycles. The van der Waals surface area contributed by atoms with E-state index in [0.717, 1.165) is 66.3 Å². The highest BCUT2D eigenvalue weighted by molar-refractivity contribution is 7.22. The number of rotatable bonds is 24. The number of para-hydroxylation sites is 1. The minimum Gasteiger partial charge on any atom is -0.493 e. The lowest BCUT2D eigenvalue weighted by Gasteiger charge is -2.37. The number of carbonyl (C=O) groups excluding carboxylic acids is 3. The van der Waals surface area contributed by atoms with E-state index in [9.17, 15) is 19.6 Å². The number of thiazole rings is 1. The van der Waals surface area contributed by atoms with E-state index in [1.54, 1.807) is 53.7 Å². The van der Waals surface area contributed by atoms with Crippen molar-refractivity contribution in [3.63, 3.8) is 0 Å². The first kappa shape index (κ1) is 46.4. The Labute approximate surface area is 373 Å². The van der Waals surface area contributed by atoms with E-state index in [-0.39, 0.29) is 12.6 Å². The molecule has 1 aliphatic rings. The predicted octanol–water partition coefficient (Wildman–Crippen LogP) is 10.2. The number of fused-ring (bicyclic) bond motifs is 1. The van der Waals surface area contributed by atoms with E-state index in [1.807, 2.05) is 56.3 Å². The van der Waals surface area contributed by atoms with Crippen LogP contribution < -0.4 is 14.5 Å². The molecule has 0 radical (unpaired) electrons. The van der Waals surface area contributed by atoms with E-state index in [2.05, 4.69) is 13.0 Å². The summed E-state index contributed by atoms with van der Waals surface area (Å²) in [6.45, 7) is 8.42. The van der Waals surface area contributed by atoms with Crippen LogP contribution in [-0.2, 0) is 31.8 Å². The van der Waals surface area contributed by atoms with E-state index in [0.29, 0.717) is 85.6 Å². The number of ether oxygens (including phenoxy) is 5. The SMILES string of the molecule is CCCc1ccc(C(=O)OCCc2ccc(OC(=O)c3ccc(OCCCCCCOC(=O)C4(CC)COC4)c(C)c3)cc2/C=N/N(CCCC#N)c2nc3ccccc3s2)cc1. The van der Waals surface area contributed by atoms with Crippen molar-refractivity contribution in [2.24, 2.45) is 10.5 Å². The molecule has 6 rings (SSSR count). The van der Waals surface area contributed by atoms with Gasteiger partial charge in [0.15, 0.2) is 0 Å². The molecule has 12 nitrogen and oxygen atoms in total. The Balaban J connectivity index is 1.08. The molecule has 1 saturated heterocycles. The normalized spacial score (nSPS) is 13.0. The highest BCUT2D eigenvalue weighted by Gasteiger charge is 2.45. The number of carbonyl (C=O) groups is 3. The third-order valence-electron chi connectivity index (χ3n) is 11.0. The molecule has 5 aromatic rings. The van der Waals surface area contributed by atoms with Crippen molar-refractivity contribution in [1.82, 2.24) is 4.98 Å². The van der Waals surface area contributed by atoms with Crippen molar-refractivity contribution in [3.05, 3.63) is 118 Å². The number of hydrazone groups is 1. The van der Waals surface area contributed by atoms with Gasteiger partial charge in [-0.15, -0.1) is 0 Å². The zero-order chi connectivity index (χ0) is 44.4. The molecule has 0 N–H and O–H groups in total. The summed E-state index contributed by atoms with van der Waals surface area (Å²) in [5.74, 6) is -0.0681. The number of aryl methyl sites for hydroxylation is 2. The lowest BCUT2D eigenvalue weighted by atomic mass is 9.83. The van der Waals surface area contributed by atoms with Crippen LogP contribution in [0.3, 0.4) is 0 Å². The Hall–Kier alpha value is -6.10. The summed E-state index contributed by atoms with van der Waals surface area (Å²) in [6.07, 6.45) is 9.24. The van der Waals surface area contributed by atoms with Gasteiger partial charge in [0, 0.05) is 24.9 Å². The smallest absolute Gasteiger partial charge is 0.343 e. The number of aromatic nitrogens is 1. The summed E-state index contributed by atoms with van der Waals surface area (Å²) in [6, 6.07) is 28.1. The summed E-state index contributed by atoms with van der Waals surface area (Å²) >= 11 is 1.51. The number of esters is 3. The van der Waals surface area contributed by atoms with Gasteiger partial charge in [-0.05, 0) is 123 Å². The number of anilines is 1. The van der Waals surface area contributed by atoms with E-state index in [4.69, 9.17) is 33.8 Å². The number of nitriles is 1. The summed E-state index contributed by atoms with van der Waals surface area (Å²) in [4.78, 5) is 43.5. The Kier molecular flexibility index (Phi) is 17.2. The molecule has 1 aromatic heterocycles. The lowest BCUT2D eigenvalue weighted by Crippen LogP contribution is -2.49. The number of benzene rings is 4. The maximum Gasteiger partial charge on any atom is 0.343 e. The van der Waals surface area contributed by atoms with Crippen molar-refractivity contribution in [2.45, 2.75) is 85.0 Å². The van der Waals surface area contributed by atoms with Gasteiger partial charge in [-0.2, -0.15) is 10.4 Å². The van der Waals surface area contributed by atoms with Crippen molar-refractivity contribution in [1.29, 1.82) is 5.26 Å². The van der Waals surface area contributed by atoms with Crippen LogP contribution in [-0.4, -0.2) is 68.7 Å². The van der Waals surface area contributed by atoms with Crippen LogP contribution >= 0.6 is 11.3 Å². The molecule has 0 atom stereocenters. The number of hydrogen-bond acceptors (Lipinski definition) is 13. The Morgan fingerprint density at radius 1 is 0.873 bits per heavy atom. The predicted molar refractivity (Wildman–Crippen MR) is 245 cm³/mol. The maximum absolute atomic E-state index is 13.5. The molecular weight excluding hydrogens is 817 g/mol. The minimum atomic E-state index is -0.526. The van der Waals surface area contributed by atoms with Gasteiger partial charge in [0.2, 0.25) is 5.13 Å². The van der Waals surface area contributed by atoms with Crippen LogP contribution in [0.15, 0.2) is 90.0 Å². The quantitative estimate of drug-likeness (QED) is 0.0192. The fourth-order valence-electron chi connectivity index (χ4n) is 7.01. The van der Waals surface area contributed by atoms with Crippen LogP contribution in [0.5, 0.6) is 11.5 Å². The first-order valence-corrected chi connectivity index (χ1v) is 22.7. The molecular formula is C50H56N4O8S. The minimum absolute atomic E-state index is 0.125. The molecule has 0 amide bonds. The van der Waals surface area contributed by atoms with Crippen molar-refractivity contribution < 1.29 is 38.1 Å². The third kappa shape index (κ3) is 13.0. The highest BCUT2D eigenvalue weighted by atomic mass is 32.1. The second kappa shape index (κ2) is 23.4. The van der Waals surface area contributed by atoms with Gasteiger partial charge in [0.05, 0.1) is 66.7 Å². The lowest BCUT2D eigenvalue weighted by molar-refractivity contribution is -0.186. The molecule has 4 aromatic carbocycles. The number of unbranched alkanes of at least 4 members (excludes halogenated alkanes) is 4. The molecule has 63 heavy (non-hydrogen) atoms. The number of nitrogens with zero attached hydrogens (tertiary/aromatic N) is 4. The fourth-order valence-corrected chi connectivity index (χ4v) is 7.96. The Morgan fingerprint density at radius 2 is 1.65 bits per heavy atom. The Morgan fingerprint density at radius 3 is 2.37 bits per heavy atom. The topological polar surface area (TPSA) is 150 Å². The van der Waals surface area contributed by atoms with E-state index in [1.165, 1.54) is 16.9 Å². The molecule has 0 aliphatic carbocycles. The highest BCUT2D eigenvalue weighted by Crippen LogP contribution is 2.33. The van der Waals surface area contributed by atoms with Gasteiger partial charge < -0.3 is 23.7 Å². The zero-order valence-electron chi connectivity index (χ0n) is 36.4. The standard InChI is InChI=1S/C50H56N4O8S/c1-4-14-37-17-19-39(20-18-37)46(55)60-30-25-38-21-23-42(32-41(38)33-52-54(27-11-10-26-51)49-53-43-15-8-9-16-45(43)63-49)62-47(56)40-22-24-44(36(3)31-40)59-28-12-6-7-13-29-61-48(57)50(5-2)34-58-35-50/h8-9,15-24,31-33H,4-7,10-14,25,27-30,34-35H2,1-3H3/b52-33+. The van der Waals surface area contributed by atoms with Crippen molar-refractivity contribution in [2.75, 3.05) is 44.6 Å². The summed E-state index contributed by atoms with van der Waals surface area (Å²) in [5.41, 5.74) is 4.75. The number of hydrogen-bond donors (Lipinski definition) is 0. The molecule has 0 spiro atoms. The second-order valence-electron chi connectivity index (χ2n) is 15.7. The van der Waals surface area contributed by atoms with Crippen molar-refractivity contribution in [3.8, 4) is 17.6 Å². The second-order valence-corrected chi connectivity index (χ2v) is 16.7. The monoisotopic (exact) mass is 872 g/mol. The third-order valence-corrected chi connectivity index (χ3v) is 12.0. The zero-order valence-corrected chi connectivity index (χ0v) is 37.3. The van der Waals surface area contributed by atoms with Gasteiger partial charge in [0.1, 0.15) is 16.9 Å². The average molecular weight is 873 g/mol. The largest absolute Gasteiger partial charge is 0.493 e. The molecule has 330 valence electrons. The summed E-state index contributed by atoms with van der Waals surface area (Å²) in [5, 5.41) is 16.6. The van der Waals surface area contributed by atoms with E-state index < -0.39 is 17.4 Å². The van der Waals surface area contributed by atoms with Gasteiger partial charge in [-0.3, -0.25) is 4.79 Å². The molecule has 2 heterocycles. The van der Waals surface area contributed by atoms with Gasteiger partial charge in [-0.25, -0.2) is 19.6 Å². The average Bonchev–Trinajstić information content (AvgIpc) is 3.71. The van der Waals surface area contributed by atoms with E-state index >= 15 is 0 Å². The first-order chi connectivity index (χ1) is 30.7. The first-order valence-electron chi connectivity index (χ1n) is 21.9. The Bertz CT molecular complexity index is 2350. The van der Waals surface area contributed by atoms with Crippen molar-refractivity contribution >= 4 is 50.8 Å². The molecule has 0 unspecified atom stereocenters. The molecule has 0 saturated carbocycles.